The average Bonchev–Trinajstić information content (AvgIpc) is 3.13. The molecule has 3 rings (SSSR count). The summed E-state index contributed by atoms with van der Waals surface area (Å²) in [6.07, 6.45) is 2.22. The summed E-state index contributed by atoms with van der Waals surface area (Å²) in [5, 5.41) is 4.54. The lowest BCUT2D eigenvalue weighted by Gasteiger charge is -2.24. The lowest BCUT2D eigenvalue weighted by molar-refractivity contribution is 0.238. The molecule has 130 valence electrons. The molecule has 1 aliphatic rings. The normalized spacial score (nSPS) is 19.0. The van der Waals surface area contributed by atoms with Gasteiger partial charge in [0.1, 0.15) is 0 Å². The molecule has 0 saturated carbocycles. The molecule has 2 heterocycles. The van der Waals surface area contributed by atoms with Crippen molar-refractivity contribution in [3.63, 3.8) is 0 Å². The van der Waals surface area contributed by atoms with Crippen molar-refractivity contribution in [2.75, 3.05) is 18.8 Å². The lowest BCUT2D eigenvalue weighted by atomic mass is 10.2. The minimum Gasteiger partial charge on any atom is -0.298 e. The molecule has 1 aromatic heterocycles. The highest BCUT2D eigenvalue weighted by Crippen LogP contribution is 2.20. The van der Waals surface area contributed by atoms with Crippen molar-refractivity contribution in [3.8, 4) is 0 Å². The van der Waals surface area contributed by atoms with Gasteiger partial charge in [-0.2, -0.15) is 5.10 Å². The fraction of sp³-hybridized carbons (Fsp3) is 0.500. The van der Waals surface area contributed by atoms with Gasteiger partial charge in [-0.15, -0.1) is 0 Å². The fourth-order valence-electron chi connectivity index (χ4n) is 3.44. The van der Waals surface area contributed by atoms with Crippen molar-refractivity contribution in [3.05, 3.63) is 47.8 Å². The molecule has 24 heavy (non-hydrogen) atoms. The van der Waals surface area contributed by atoms with Crippen molar-refractivity contribution in [2.24, 2.45) is 0 Å². The van der Waals surface area contributed by atoms with Gasteiger partial charge in [0.25, 0.3) is 0 Å². The Hall–Kier alpha value is -1.66. The third kappa shape index (κ3) is 3.87. The lowest BCUT2D eigenvalue weighted by Crippen LogP contribution is -2.36. The van der Waals surface area contributed by atoms with Crippen LogP contribution in [0.2, 0.25) is 0 Å². The van der Waals surface area contributed by atoms with Gasteiger partial charge in [-0.25, -0.2) is 8.42 Å². The van der Waals surface area contributed by atoms with Crippen LogP contribution in [0.25, 0.3) is 0 Å². The monoisotopic (exact) mass is 347 g/mol. The van der Waals surface area contributed by atoms with E-state index in [0.29, 0.717) is 17.5 Å². The number of hydrogen-bond donors (Lipinski definition) is 0. The molecule has 1 aromatic carbocycles. The van der Waals surface area contributed by atoms with Crippen LogP contribution in [0.3, 0.4) is 0 Å². The summed E-state index contributed by atoms with van der Waals surface area (Å²) in [7, 11) is -3.21. The maximum atomic E-state index is 12.5. The van der Waals surface area contributed by atoms with Gasteiger partial charge in [-0.1, -0.05) is 18.2 Å². The fourth-order valence-corrected chi connectivity index (χ4v) is 4.72. The average molecular weight is 347 g/mol. The van der Waals surface area contributed by atoms with Gasteiger partial charge in [0.15, 0.2) is 9.84 Å². The number of likely N-dealkylation sites (tertiary alicyclic amines) is 1. The quantitative estimate of drug-likeness (QED) is 0.805. The van der Waals surface area contributed by atoms with Crippen LogP contribution >= 0.6 is 0 Å². The summed E-state index contributed by atoms with van der Waals surface area (Å²) >= 11 is 0. The van der Waals surface area contributed by atoms with Gasteiger partial charge in [0, 0.05) is 18.3 Å². The molecule has 1 unspecified atom stereocenters. The van der Waals surface area contributed by atoms with Crippen LogP contribution in [0.15, 0.2) is 41.3 Å². The second-order valence-electron chi connectivity index (χ2n) is 6.57. The van der Waals surface area contributed by atoms with Crippen LogP contribution in [0, 0.1) is 13.8 Å². The van der Waals surface area contributed by atoms with Crippen LogP contribution in [-0.4, -0.2) is 48.0 Å². The van der Waals surface area contributed by atoms with Crippen LogP contribution < -0.4 is 0 Å². The Labute approximate surface area is 144 Å². The SMILES string of the molecule is Cc1cc(C)n(CC2CCCN2CCS(=O)(=O)c2ccccc2)n1. The molecule has 5 nitrogen and oxygen atoms in total. The zero-order chi connectivity index (χ0) is 17.2. The number of sulfone groups is 1. The van der Waals surface area contributed by atoms with E-state index in [9.17, 15) is 8.42 Å². The first-order chi connectivity index (χ1) is 11.5. The molecule has 0 radical (unpaired) electrons. The first kappa shape index (κ1) is 17.2. The Balaban J connectivity index is 1.63. The summed E-state index contributed by atoms with van der Waals surface area (Å²) < 4.78 is 27.0. The van der Waals surface area contributed by atoms with Gasteiger partial charge in [-0.05, 0) is 51.4 Å². The van der Waals surface area contributed by atoms with Crippen molar-refractivity contribution >= 4 is 9.84 Å². The van der Waals surface area contributed by atoms with E-state index in [2.05, 4.69) is 23.0 Å². The van der Waals surface area contributed by atoms with Gasteiger partial charge in [0.2, 0.25) is 0 Å². The number of benzene rings is 1. The van der Waals surface area contributed by atoms with E-state index in [1.165, 1.54) is 0 Å². The minimum absolute atomic E-state index is 0.171. The van der Waals surface area contributed by atoms with Crippen LogP contribution in [0.1, 0.15) is 24.2 Å². The first-order valence-electron chi connectivity index (χ1n) is 8.48. The van der Waals surface area contributed by atoms with E-state index in [-0.39, 0.29) is 5.75 Å². The molecule has 0 aliphatic carbocycles. The summed E-state index contributed by atoms with van der Waals surface area (Å²) in [6, 6.07) is 11.2. The maximum absolute atomic E-state index is 12.5. The molecule has 2 aromatic rings. The third-order valence-electron chi connectivity index (χ3n) is 4.74. The smallest absolute Gasteiger partial charge is 0.179 e. The standard InChI is InChI=1S/C18H25N3O2S/c1-15-13-16(2)21(19-15)14-17-7-6-10-20(17)11-12-24(22,23)18-8-4-3-5-9-18/h3-5,8-9,13,17H,6-7,10-12,14H2,1-2H3. The highest BCUT2D eigenvalue weighted by atomic mass is 32.2. The Bertz CT molecular complexity index is 784. The topological polar surface area (TPSA) is 55.2 Å². The summed E-state index contributed by atoms with van der Waals surface area (Å²) in [4.78, 5) is 2.72. The van der Waals surface area contributed by atoms with E-state index in [1.807, 2.05) is 17.7 Å². The predicted molar refractivity (Wildman–Crippen MR) is 94.8 cm³/mol. The minimum atomic E-state index is -3.21. The predicted octanol–water partition coefficient (Wildman–Crippen LogP) is 2.44. The summed E-state index contributed by atoms with van der Waals surface area (Å²) in [6.45, 7) is 6.46. The zero-order valence-corrected chi connectivity index (χ0v) is 15.2. The molecule has 1 saturated heterocycles. The van der Waals surface area contributed by atoms with Gasteiger partial charge in [0.05, 0.1) is 22.9 Å². The van der Waals surface area contributed by atoms with Crippen molar-refractivity contribution in [2.45, 2.75) is 44.2 Å². The largest absolute Gasteiger partial charge is 0.298 e. The molecular formula is C18H25N3O2S. The third-order valence-corrected chi connectivity index (χ3v) is 6.45. The number of nitrogens with zero attached hydrogens (tertiary/aromatic N) is 3. The molecule has 6 heteroatoms. The molecule has 0 spiro atoms. The van der Waals surface area contributed by atoms with Crippen molar-refractivity contribution in [1.29, 1.82) is 0 Å². The van der Waals surface area contributed by atoms with E-state index in [0.717, 1.165) is 37.3 Å². The number of aromatic nitrogens is 2. The van der Waals surface area contributed by atoms with E-state index in [1.54, 1.807) is 24.3 Å². The first-order valence-corrected chi connectivity index (χ1v) is 10.1. The Morgan fingerprint density at radius 3 is 2.62 bits per heavy atom. The summed E-state index contributed by atoms with van der Waals surface area (Å²) in [5.41, 5.74) is 2.19. The molecule has 0 bridgehead atoms. The second-order valence-corrected chi connectivity index (χ2v) is 8.68. The van der Waals surface area contributed by atoms with Crippen LogP contribution in [-0.2, 0) is 16.4 Å². The van der Waals surface area contributed by atoms with Gasteiger partial charge < -0.3 is 0 Å². The van der Waals surface area contributed by atoms with Crippen molar-refractivity contribution < 1.29 is 8.42 Å². The van der Waals surface area contributed by atoms with Gasteiger partial charge in [-0.3, -0.25) is 9.58 Å². The number of hydrogen-bond acceptors (Lipinski definition) is 4. The van der Waals surface area contributed by atoms with Crippen LogP contribution in [0.4, 0.5) is 0 Å². The van der Waals surface area contributed by atoms with E-state index < -0.39 is 9.84 Å². The molecule has 1 atom stereocenters. The number of rotatable bonds is 6. The molecule has 1 aliphatic heterocycles. The maximum Gasteiger partial charge on any atom is 0.179 e. The molecule has 1 fully saturated rings. The van der Waals surface area contributed by atoms with E-state index >= 15 is 0 Å². The van der Waals surface area contributed by atoms with Crippen LogP contribution in [0.5, 0.6) is 0 Å². The second kappa shape index (κ2) is 7.07. The van der Waals surface area contributed by atoms with E-state index in [4.69, 9.17) is 0 Å². The molecule has 0 amide bonds. The highest BCUT2D eigenvalue weighted by Gasteiger charge is 2.27. The Morgan fingerprint density at radius 2 is 1.96 bits per heavy atom. The summed E-state index contributed by atoms with van der Waals surface area (Å²) in [5.74, 6) is 0.171. The highest BCUT2D eigenvalue weighted by molar-refractivity contribution is 7.91. The van der Waals surface area contributed by atoms with Gasteiger partial charge >= 0.3 is 0 Å². The zero-order valence-electron chi connectivity index (χ0n) is 14.4. The van der Waals surface area contributed by atoms with Crippen molar-refractivity contribution in [1.82, 2.24) is 14.7 Å². The Kier molecular flexibility index (Phi) is 5.06. The molecule has 0 N–H and O–H groups in total. The number of aryl methyl sites for hydroxylation is 2. The Morgan fingerprint density at radius 1 is 1.21 bits per heavy atom. The molecular weight excluding hydrogens is 322 g/mol.